The Kier molecular flexibility index (Phi) is 4.06. The molecule has 2 rings (SSSR count). The van der Waals surface area contributed by atoms with Gasteiger partial charge in [-0.25, -0.2) is 0 Å². The number of nitrogens with two attached hydrogens (primary N) is 1. The van der Waals surface area contributed by atoms with Crippen LogP contribution in [-0.2, 0) is 11.3 Å². The molecule has 1 aromatic heterocycles. The fraction of sp³-hybridized carbons (Fsp3) is 0.357. The Bertz CT molecular complexity index is 587. The Morgan fingerprint density at radius 2 is 2.21 bits per heavy atom. The number of ether oxygens (including phenoxy) is 1. The van der Waals surface area contributed by atoms with Crippen molar-refractivity contribution < 1.29 is 9.94 Å². The smallest absolute Gasteiger partial charge is 0.170 e. The van der Waals surface area contributed by atoms with Crippen LogP contribution in [-0.4, -0.2) is 28.3 Å². The van der Waals surface area contributed by atoms with Crippen molar-refractivity contribution in [3.63, 3.8) is 0 Å². The molecule has 0 unspecified atom stereocenters. The number of hydrogen-bond donors (Lipinski definition) is 2. The van der Waals surface area contributed by atoms with E-state index >= 15 is 0 Å². The molecule has 0 saturated heterocycles. The molecule has 0 aliphatic carbocycles. The Morgan fingerprint density at radius 3 is 2.89 bits per heavy atom. The van der Waals surface area contributed by atoms with Gasteiger partial charge in [0.1, 0.15) is 0 Å². The Hall–Kier alpha value is -2.01. The maximum atomic E-state index is 8.67. The van der Waals surface area contributed by atoms with Crippen LogP contribution in [0.5, 0.6) is 0 Å². The van der Waals surface area contributed by atoms with E-state index in [0.717, 1.165) is 17.4 Å². The number of aromatic nitrogens is 1. The van der Waals surface area contributed by atoms with E-state index in [9.17, 15) is 0 Å². The number of benzene rings is 1. The first kappa shape index (κ1) is 13.4. The van der Waals surface area contributed by atoms with Gasteiger partial charge in [0.25, 0.3) is 0 Å². The lowest BCUT2D eigenvalue weighted by Gasteiger charge is -2.09. The zero-order valence-corrected chi connectivity index (χ0v) is 11.2. The van der Waals surface area contributed by atoms with Gasteiger partial charge in [-0.15, -0.1) is 0 Å². The lowest BCUT2D eigenvalue weighted by atomic mass is 10.1. The van der Waals surface area contributed by atoms with Gasteiger partial charge in [-0.05, 0) is 38.1 Å². The number of amidine groups is 1. The van der Waals surface area contributed by atoms with Crippen LogP contribution in [0.1, 0.15) is 19.4 Å². The van der Waals surface area contributed by atoms with Gasteiger partial charge >= 0.3 is 0 Å². The number of nitrogens with zero attached hydrogens (tertiary/aromatic N) is 2. The van der Waals surface area contributed by atoms with E-state index in [1.165, 1.54) is 0 Å². The van der Waals surface area contributed by atoms with Crippen molar-refractivity contribution in [2.24, 2.45) is 10.9 Å². The van der Waals surface area contributed by atoms with Gasteiger partial charge in [0.2, 0.25) is 0 Å². The van der Waals surface area contributed by atoms with E-state index in [1.807, 2.05) is 44.3 Å². The number of rotatable bonds is 5. The second-order valence-electron chi connectivity index (χ2n) is 4.69. The average Bonchev–Trinajstić information content (AvgIpc) is 2.80. The summed E-state index contributed by atoms with van der Waals surface area (Å²) in [5, 5.41) is 12.7. The summed E-state index contributed by atoms with van der Waals surface area (Å²) in [6.45, 7) is 5.54. The monoisotopic (exact) mass is 261 g/mol. The highest BCUT2D eigenvalue weighted by atomic mass is 16.5. The molecule has 19 heavy (non-hydrogen) atoms. The standard InChI is InChI=1S/C14H19N3O2/c1-10(2)19-8-7-17-6-5-11-9-12(14(15)16-18)3-4-13(11)17/h3-6,9-10,18H,7-8H2,1-2H3,(H2,15,16). The van der Waals surface area contributed by atoms with Crippen LogP contribution in [0.3, 0.4) is 0 Å². The minimum Gasteiger partial charge on any atom is -0.409 e. The van der Waals surface area contributed by atoms with Crippen LogP contribution < -0.4 is 5.73 Å². The number of oxime groups is 1. The molecule has 0 saturated carbocycles. The molecular formula is C14H19N3O2. The molecule has 102 valence electrons. The average molecular weight is 261 g/mol. The lowest BCUT2D eigenvalue weighted by molar-refractivity contribution is 0.0733. The summed E-state index contributed by atoms with van der Waals surface area (Å²) < 4.78 is 7.68. The molecule has 0 aliphatic heterocycles. The van der Waals surface area contributed by atoms with E-state index in [1.54, 1.807) is 0 Å². The Morgan fingerprint density at radius 1 is 1.42 bits per heavy atom. The largest absolute Gasteiger partial charge is 0.409 e. The number of fused-ring (bicyclic) bond motifs is 1. The normalized spacial score (nSPS) is 12.5. The van der Waals surface area contributed by atoms with E-state index in [4.69, 9.17) is 15.7 Å². The van der Waals surface area contributed by atoms with Crippen molar-refractivity contribution in [3.05, 3.63) is 36.0 Å². The second-order valence-corrected chi connectivity index (χ2v) is 4.69. The van der Waals surface area contributed by atoms with Gasteiger partial charge in [0.15, 0.2) is 5.84 Å². The first-order valence-corrected chi connectivity index (χ1v) is 6.30. The van der Waals surface area contributed by atoms with Crippen LogP contribution in [0.15, 0.2) is 35.6 Å². The predicted octanol–water partition coefficient (Wildman–Crippen LogP) is 2.16. The zero-order valence-electron chi connectivity index (χ0n) is 11.2. The van der Waals surface area contributed by atoms with Crippen molar-refractivity contribution in [1.29, 1.82) is 0 Å². The first-order chi connectivity index (χ1) is 9.11. The van der Waals surface area contributed by atoms with Crippen molar-refractivity contribution in [1.82, 2.24) is 4.57 Å². The first-order valence-electron chi connectivity index (χ1n) is 6.30. The van der Waals surface area contributed by atoms with E-state index in [2.05, 4.69) is 9.72 Å². The maximum absolute atomic E-state index is 8.67. The maximum Gasteiger partial charge on any atom is 0.170 e. The third-order valence-electron chi connectivity index (χ3n) is 2.96. The second kappa shape index (κ2) is 5.75. The topological polar surface area (TPSA) is 72.8 Å². The van der Waals surface area contributed by atoms with Crippen molar-refractivity contribution in [2.45, 2.75) is 26.5 Å². The fourth-order valence-corrected chi connectivity index (χ4v) is 2.00. The highest BCUT2D eigenvalue weighted by Crippen LogP contribution is 2.17. The molecule has 0 fully saturated rings. The summed E-state index contributed by atoms with van der Waals surface area (Å²) in [6, 6.07) is 7.73. The minimum absolute atomic E-state index is 0.123. The van der Waals surface area contributed by atoms with Crippen molar-refractivity contribution >= 4 is 16.7 Å². The predicted molar refractivity (Wildman–Crippen MR) is 75.5 cm³/mol. The Labute approximate surface area is 112 Å². The molecule has 0 radical (unpaired) electrons. The quantitative estimate of drug-likeness (QED) is 0.375. The van der Waals surface area contributed by atoms with E-state index in [-0.39, 0.29) is 11.9 Å². The highest BCUT2D eigenvalue weighted by Gasteiger charge is 2.05. The summed E-state index contributed by atoms with van der Waals surface area (Å²) in [6.07, 6.45) is 2.26. The van der Waals surface area contributed by atoms with Gasteiger partial charge in [-0.2, -0.15) is 0 Å². The van der Waals surface area contributed by atoms with Gasteiger partial charge in [0.05, 0.1) is 12.7 Å². The molecule has 0 amide bonds. The molecule has 0 spiro atoms. The van der Waals surface area contributed by atoms with Gasteiger partial charge in [-0.1, -0.05) is 5.16 Å². The molecule has 5 heteroatoms. The molecule has 1 heterocycles. The molecule has 0 atom stereocenters. The summed E-state index contributed by atoms with van der Waals surface area (Å²) in [4.78, 5) is 0. The van der Waals surface area contributed by atoms with Crippen LogP contribution in [0.4, 0.5) is 0 Å². The molecular weight excluding hydrogens is 242 g/mol. The molecule has 5 nitrogen and oxygen atoms in total. The van der Waals surface area contributed by atoms with Crippen molar-refractivity contribution in [2.75, 3.05) is 6.61 Å². The minimum atomic E-state index is 0.123. The molecule has 3 N–H and O–H groups in total. The fourth-order valence-electron chi connectivity index (χ4n) is 2.00. The van der Waals surface area contributed by atoms with Gasteiger partial charge in [0, 0.05) is 29.2 Å². The Balaban J connectivity index is 2.20. The van der Waals surface area contributed by atoms with Gasteiger partial charge < -0.3 is 20.2 Å². The third-order valence-corrected chi connectivity index (χ3v) is 2.96. The van der Waals surface area contributed by atoms with E-state index in [0.29, 0.717) is 12.2 Å². The molecule has 1 aromatic carbocycles. The highest BCUT2D eigenvalue weighted by molar-refractivity contribution is 6.00. The van der Waals surface area contributed by atoms with Gasteiger partial charge in [-0.3, -0.25) is 0 Å². The summed E-state index contributed by atoms with van der Waals surface area (Å²) in [5.41, 5.74) is 7.41. The zero-order chi connectivity index (χ0) is 13.8. The summed E-state index contributed by atoms with van der Waals surface area (Å²) in [7, 11) is 0. The SMILES string of the molecule is CC(C)OCCn1ccc2cc(/C(N)=N/O)ccc21. The molecule has 0 aliphatic rings. The summed E-state index contributed by atoms with van der Waals surface area (Å²) >= 11 is 0. The van der Waals surface area contributed by atoms with Crippen LogP contribution >= 0.6 is 0 Å². The number of hydrogen-bond acceptors (Lipinski definition) is 3. The lowest BCUT2D eigenvalue weighted by Crippen LogP contribution is -2.13. The molecule has 2 aromatic rings. The van der Waals surface area contributed by atoms with Crippen LogP contribution in [0, 0.1) is 0 Å². The summed E-state index contributed by atoms with van der Waals surface area (Å²) in [5.74, 6) is 0.123. The van der Waals surface area contributed by atoms with E-state index < -0.39 is 0 Å². The van der Waals surface area contributed by atoms with Crippen molar-refractivity contribution in [3.8, 4) is 0 Å². The molecule has 0 bridgehead atoms. The van der Waals surface area contributed by atoms with Crippen LogP contribution in [0.2, 0.25) is 0 Å². The van der Waals surface area contributed by atoms with Crippen LogP contribution in [0.25, 0.3) is 10.9 Å². The third kappa shape index (κ3) is 3.06.